The van der Waals surface area contributed by atoms with Gasteiger partial charge in [-0.25, -0.2) is 4.98 Å². The number of carbonyl (C=O) groups is 1. The molecule has 0 unspecified atom stereocenters. The molecule has 7 nitrogen and oxygen atoms in total. The van der Waals surface area contributed by atoms with Crippen LogP contribution in [-0.4, -0.2) is 34.7 Å². The quantitative estimate of drug-likeness (QED) is 0.472. The Labute approximate surface area is 177 Å². The normalized spacial score (nSPS) is 12.4. The Balaban J connectivity index is 1.89. The van der Waals surface area contributed by atoms with Gasteiger partial charge >= 0.3 is 0 Å². The van der Waals surface area contributed by atoms with Crippen molar-refractivity contribution in [2.45, 2.75) is 39.9 Å². The Morgan fingerprint density at radius 3 is 2.60 bits per heavy atom. The van der Waals surface area contributed by atoms with Crippen LogP contribution in [-0.2, 0) is 22.6 Å². The van der Waals surface area contributed by atoms with Crippen LogP contribution < -0.4 is 15.8 Å². The largest absolute Gasteiger partial charge is 0.457 e. The number of primary amides is 1. The predicted molar refractivity (Wildman–Crippen MR) is 117 cm³/mol. The van der Waals surface area contributed by atoms with Crippen molar-refractivity contribution in [2.75, 3.05) is 13.2 Å². The Morgan fingerprint density at radius 1 is 1.17 bits per heavy atom. The maximum atomic E-state index is 11.7. The summed E-state index contributed by atoms with van der Waals surface area (Å²) in [5, 5.41) is 3.25. The van der Waals surface area contributed by atoms with Gasteiger partial charge < -0.3 is 19.8 Å². The van der Waals surface area contributed by atoms with Crippen molar-refractivity contribution in [3.8, 4) is 11.5 Å². The number of hydrogen-bond acceptors (Lipinski definition) is 5. The molecular formula is C23H30N4O3. The third-order valence-electron chi connectivity index (χ3n) is 4.89. The van der Waals surface area contributed by atoms with E-state index in [0.717, 1.165) is 28.4 Å². The van der Waals surface area contributed by atoms with Crippen LogP contribution >= 0.6 is 0 Å². The van der Waals surface area contributed by atoms with Crippen molar-refractivity contribution in [1.82, 2.24) is 14.9 Å². The molecule has 0 saturated carbocycles. The highest BCUT2D eigenvalue weighted by atomic mass is 16.5. The van der Waals surface area contributed by atoms with Gasteiger partial charge in [0.15, 0.2) is 0 Å². The first-order valence-electron chi connectivity index (χ1n) is 10.3. The van der Waals surface area contributed by atoms with E-state index in [0.29, 0.717) is 26.3 Å². The van der Waals surface area contributed by atoms with Gasteiger partial charge in [0.1, 0.15) is 17.3 Å². The third kappa shape index (κ3) is 5.37. The molecule has 1 amide bonds. The van der Waals surface area contributed by atoms with Gasteiger partial charge in [-0.2, -0.15) is 0 Å². The van der Waals surface area contributed by atoms with Crippen LogP contribution in [0.25, 0.3) is 11.0 Å². The van der Waals surface area contributed by atoms with E-state index in [1.807, 2.05) is 69.3 Å². The molecule has 0 aliphatic heterocycles. The maximum Gasteiger partial charge on any atom is 0.234 e. The molecule has 0 aliphatic rings. The van der Waals surface area contributed by atoms with E-state index in [2.05, 4.69) is 9.88 Å². The molecule has 1 aromatic heterocycles. The molecule has 2 aromatic carbocycles. The molecule has 0 saturated heterocycles. The number of rotatable bonds is 11. The van der Waals surface area contributed by atoms with Crippen molar-refractivity contribution in [3.63, 3.8) is 0 Å². The van der Waals surface area contributed by atoms with E-state index in [1.165, 1.54) is 0 Å². The highest BCUT2D eigenvalue weighted by Gasteiger charge is 2.20. The number of hydrogen-bond donors (Lipinski definition) is 2. The fourth-order valence-corrected chi connectivity index (χ4v) is 3.39. The Hall–Kier alpha value is -2.90. The zero-order valence-electron chi connectivity index (χ0n) is 17.8. The summed E-state index contributed by atoms with van der Waals surface area (Å²) in [6, 6.07) is 15.1. The van der Waals surface area contributed by atoms with E-state index in [4.69, 9.17) is 20.2 Å². The van der Waals surface area contributed by atoms with Gasteiger partial charge in [0.05, 0.1) is 30.2 Å². The van der Waals surface area contributed by atoms with Crippen LogP contribution in [0.5, 0.6) is 11.5 Å². The van der Waals surface area contributed by atoms with Crippen LogP contribution in [0.3, 0.4) is 0 Å². The minimum atomic E-state index is -0.415. The fraction of sp³-hybridized carbons (Fsp3) is 0.391. The van der Waals surface area contributed by atoms with Crippen LogP contribution in [0.1, 0.15) is 26.6 Å². The highest BCUT2D eigenvalue weighted by Crippen LogP contribution is 2.26. The monoisotopic (exact) mass is 410 g/mol. The van der Waals surface area contributed by atoms with Crippen molar-refractivity contribution in [1.29, 1.82) is 0 Å². The number of nitrogens with one attached hydrogen (secondary N) is 1. The Bertz CT molecular complexity index is 969. The van der Waals surface area contributed by atoms with E-state index >= 15 is 0 Å². The molecule has 3 aromatic rings. The standard InChI is InChI=1S/C23H30N4O3/c1-4-29-13-12-27-20-14-18(30-17-8-6-5-7-9-17)10-11-19(20)26-21(27)15-25-22(16(2)3)23(24)28/h5-11,14,16,22,25H,4,12-13,15H2,1-3H3,(H2,24,28)/t22-/m0/s1. The SMILES string of the molecule is CCOCCn1c(CN[C@H](C(N)=O)C(C)C)nc2ccc(Oc3ccccc3)cc21. The highest BCUT2D eigenvalue weighted by molar-refractivity contribution is 5.80. The predicted octanol–water partition coefficient (Wildman–Crippen LogP) is 3.46. The van der Waals surface area contributed by atoms with Crippen molar-refractivity contribution in [3.05, 3.63) is 54.4 Å². The molecule has 7 heteroatoms. The molecule has 3 rings (SSSR count). The summed E-state index contributed by atoms with van der Waals surface area (Å²) < 4.78 is 13.7. The van der Waals surface area contributed by atoms with Gasteiger partial charge in [-0.3, -0.25) is 10.1 Å². The van der Waals surface area contributed by atoms with Gasteiger partial charge in [0.25, 0.3) is 0 Å². The van der Waals surface area contributed by atoms with Crippen molar-refractivity contribution < 1.29 is 14.3 Å². The van der Waals surface area contributed by atoms with Crippen LogP contribution in [0.2, 0.25) is 0 Å². The second kappa shape index (κ2) is 10.2. The van der Waals surface area contributed by atoms with E-state index < -0.39 is 6.04 Å². The van der Waals surface area contributed by atoms with Gasteiger partial charge in [0, 0.05) is 19.2 Å². The van der Waals surface area contributed by atoms with Gasteiger partial charge in [-0.15, -0.1) is 0 Å². The lowest BCUT2D eigenvalue weighted by Crippen LogP contribution is -2.44. The molecule has 1 heterocycles. The molecule has 3 N–H and O–H groups in total. The number of imidazole rings is 1. The molecule has 0 fully saturated rings. The lowest BCUT2D eigenvalue weighted by Gasteiger charge is -2.19. The van der Waals surface area contributed by atoms with E-state index in [-0.39, 0.29) is 11.8 Å². The average Bonchev–Trinajstić information content (AvgIpc) is 3.05. The molecular weight excluding hydrogens is 380 g/mol. The number of para-hydroxylation sites is 1. The number of nitrogens with zero attached hydrogens (tertiary/aromatic N) is 2. The first kappa shape index (κ1) is 21.8. The summed E-state index contributed by atoms with van der Waals surface area (Å²) in [4.78, 5) is 16.5. The first-order valence-corrected chi connectivity index (χ1v) is 10.3. The van der Waals surface area contributed by atoms with Crippen LogP contribution in [0.15, 0.2) is 48.5 Å². The van der Waals surface area contributed by atoms with Crippen molar-refractivity contribution in [2.24, 2.45) is 11.7 Å². The number of amides is 1. The number of aromatic nitrogens is 2. The van der Waals surface area contributed by atoms with E-state index in [9.17, 15) is 4.79 Å². The molecule has 30 heavy (non-hydrogen) atoms. The number of carbonyl (C=O) groups excluding carboxylic acids is 1. The maximum absolute atomic E-state index is 11.7. The number of ether oxygens (including phenoxy) is 2. The van der Waals surface area contributed by atoms with Gasteiger partial charge in [0.2, 0.25) is 5.91 Å². The van der Waals surface area contributed by atoms with Gasteiger partial charge in [-0.1, -0.05) is 32.0 Å². The van der Waals surface area contributed by atoms with Crippen molar-refractivity contribution >= 4 is 16.9 Å². The summed E-state index contributed by atoms with van der Waals surface area (Å²) in [5.74, 6) is 2.08. The summed E-state index contributed by atoms with van der Waals surface area (Å²) in [6.45, 7) is 8.21. The topological polar surface area (TPSA) is 91.4 Å². The van der Waals surface area contributed by atoms with Crippen LogP contribution in [0, 0.1) is 5.92 Å². The molecule has 0 aliphatic carbocycles. The third-order valence-corrected chi connectivity index (χ3v) is 4.89. The first-order chi connectivity index (χ1) is 14.5. The Kier molecular flexibility index (Phi) is 7.43. The molecule has 1 atom stereocenters. The summed E-state index contributed by atoms with van der Waals surface area (Å²) in [5.41, 5.74) is 7.36. The molecule has 160 valence electrons. The number of benzene rings is 2. The average molecular weight is 411 g/mol. The number of fused-ring (bicyclic) bond motifs is 1. The van der Waals surface area contributed by atoms with Gasteiger partial charge in [-0.05, 0) is 37.1 Å². The van der Waals surface area contributed by atoms with Crippen LogP contribution in [0.4, 0.5) is 0 Å². The molecule has 0 spiro atoms. The molecule has 0 bridgehead atoms. The fourth-order valence-electron chi connectivity index (χ4n) is 3.39. The molecule has 0 radical (unpaired) electrons. The summed E-state index contributed by atoms with van der Waals surface area (Å²) in [6.07, 6.45) is 0. The lowest BCUT2D eigenvalue weighted by molar-refractivity contribution is -0.121. The summed E-state index contributed by atoms with van der Waals surface area (Å²) >= 11 is 0. The zero-order valence-corrected chi connectivity index (χ0v) is 17.8. The minimum absolute atomic E-state index is 0.0922. The zero-order chi connectivity index (χ0) is 21.5. The number of nitrogens with two attached hydrogens (primary N) is 1. The summed E-state index contributed by atoms with van der Waals surface area (Å²) in [7, 11) is 0. The second-order valence-corrected chi connectivity index (χ2v) is 7.45. The van der Waals surface area contributed by atoms with E-state index in [1.54, 1.807) is 0 Å². The minimum Gasteiger partial charge on any atom is -0.457 e. The Morgan fingerprint density at radius 2 is 1.93 bits per heavy atom. The lowest BCUT2D eigenvalue weighted by atomic mass is 10.0. The smallest absolute Gasteiger partial charge is 0.234 e. The second-order valence-electron chi connectivity index (χ2n) is 7.45.